The van der Waals surface area contributed by atoms with Crippen LogP contribution in [0.25, 0.3) is 0 Å². The molecule has 1 rings (SSSR count). The van der Waals surface area contributed by atoms with Gasteiger partial charge >= 0.3 is 0 Å². The highest BCUT2D eigenvalue weighted by atomic mass is 16.2. The lowest BCUT2D eigenvalue weighted by Crippen LogP contribution is -2.36. The third-order valence-corrected chi connectivity index (χ3v) is 3.47. The van der Waals surface area contributed by atoms with Gasteiger partial charge in [-0.05, 0) is 12.3 Å². The number of carbonyl (C=O) groups excluding carboxylic acids is 1. The van der Waals surface area contributed by atoms with Gasteiger partial charge in [-0.15, -0.1) is 0 Å². The average molecular weight is 266 g/mol. The van der Waals surface area contributed by atoms with Gasteiger partial charge in [0.05, 0.1) is 6.20 Å². The van der Waals surface area contributed by atoms with Gasteiger partial charge in [0.1, 0.15) is 6.04 Å². The van der Waals surface area contributed by atoms with E-state index in [0.29, 0.717) is 12.5 Å². The van der Waals surface area contributed by atoms with Crippen molar-refractivity contribution in [3.63, 3.8) is 0 Å². The van der Waals surface area contributed by atoms with Crippen LogP contribution in [-0.2, 0) is 11.8 Å². The molecule has 5 nitrogen and oxygen atoms in total. The summed E-state index contributed by atoms with van der Waals surface area (Å²) >= 11 is 0. The Morgan fingerprint density at radius 3 is 2.79 bits per heavy atom. The minimum Gasteiger partial charge on any atom is -0.354 e. The van der Waals surface area contributed by atoms with E-state index >= 15 is 0 Å². The predicted molar refractivity (Wildman–Crippen MR) is 76.5 cm³/mol. The summed E-state index contributed by atoms with van der Waals surface area (Å²) in [4.78, 5) is 12.0. The van der Waals surface area contributed by atoms with Gasteiger partial charge < -0.3 is 11.1 Å². The van der Waals surface area contributed by atoms with Crippen LogP contribution in [0, 0.1) is 5.92 Å². The first-order valence-corrected chi connectivity index (χ1v) is 7.10. The van der Waals surface area contributed by atoms with Crippen LogP contribution in [-0.4, -0.2) is 22.2 Å². The molecule has 108 valence electrons. The highest BCUT2D eigenvalue weighted by Crippen LogP contribution is 2.12. The number of nitrogens with two attached hydrogens (primary N) is 1. The Hall–Kier alpha value is -1.36. The zero-order chi connectivity index (χ0) is 14.3. The van der Waals surface area contributed by atoms with E-state index < -0.39 is 6.04 Å². The van der Waals surface area contributed by atoms with Crippen molar-refractivity contribution >= 4 is 5.91 Å². The predicted octanol–water partition coefficient (Wildman–Crippen LogP) is 1.75. The topological polar surface area (TPSA) is 72.9 Å². The molecular weight excluding hydrogens is 240 g/mol. The van der Waals surface area contributed by atoms with Crippen molar-refractivity contribution in [3.8, 4) is 0 Å². The summed E-state index contributed by atoms with van der Waals surface area (Å²) in [5, 5.41) is 6.98. The number of rotatable bonds is 8. The summed E-state index contributed by atoms with van der Waals surface area (Å²) in [5.74, 6) is 0.424. The van der Waals surface area contributed by atoms with Gasteiger partial charge in [0.25, 0.3) is 0 Å². The molecule has 0 saturated heterocycles. The lowest BCUT2D eigenvalue weighted by molar-refractivity contribution is -0.122. The summed E-state index contributed by atoms with van der Waals surface area (Å²) in [5.41, 5.74) is 6.67. The molecule has 0 radical (unpaired) electrons. The lowest BCUT2D eigenvalue weighted by Gasteiger charge is -2.17. The van der Waals surface area contributed by atoms with E-state index in [1.807, 2.05) is 7.05 Å². The van der Waals surface area contributed by atoms with Crippen molar-refractivity contribution in [3.05, 3.63) is 18.0 Å². The fraction of sp³-hybridized carbons (Fsp3) is 0.714. The third kappa shape index (κ3) is 5.03. The van der Waals surface area contributed by atoms with E-state index in [1.54, 1.807) is 17.1 Å². The van der Waals surface area contributed by atoms with Gasteiger partial charge in [-0.2, -0.15) is 5.10 Å². The first-order chi connectivity index (χ1) is 9.08. The zero-order valence-corrected chi connectivity index (χ0v) is 12.2. The summed E-state index contributed by atoms with van der Waals surface area (Å²) in [7, 11) is 1.81. The molecule has 5 heteroatoms. The largest absolute Gasteiger partial charge is 0.354 e. The van der Waals surface area contributed by atoms with Crippen LogP contribution < -0.4 is 11.1 Å². The average Bonchev–Trinajstić information content (AvgIpc) is 2.84. The van der Waals surface area contributed by atoms with Crippen LogP contribution in [0.2, 0.25) is 0 Å². The molecule has 2 unspecified atom stereocenters. The maximum Gasteiger partial charge on any atom is 0.241 e. The van der Waals surface area contributed by atoms with E-state index in [0.717, 1.165) is 18.4 Å². The van der Waals surface area contributed by atoms with Crippen molar-refractivity contribution in [1.82, 2.24) is 15.1 Å². The monoisotopic (exact) mass is 266 g/mol. The van der Waals surface area contributed by atoms with E-state index in [9.17, 15) is 4.79 Å². The molecule has 1 aromatic heterocycles. The Morgan fingerprint density at radius 2 is 2.26 bits per heavy atom. The number of unbranched alkanes of at least 4 members (excludes halogenated alkanes) is 1. The molecule has 0 aromatic carbocycles. The van der Waals surface area contributed by atoms with Gasteiger partial charge in [-0.25, -0.2) is 0 Å². The molecule has 0 spiro atoms. The fourth-order valence-corrected chi connectivity index (χ4v) is 2.05. The Labute approximate surface area is 115 Å². The number of hydrogen-bond acceptors (Lipinski definition) is 3. The molecular formula is C14H26N4O. The molecule has 0 aliphatic heterocycles. The molecule has 0 aliphatic rings. The first-order valence-electron chi connectivity index (χ1n) is 7.10. The van der Waals surface area contributed by atoms with Gasteiger partial charge in [0.2, 0.25) is 5.91 Å². The second-order valence-electron chi connectivity index (χ2n) is 5.09. The Balaban J connectivity index is 2.41. The van der Waals surface area contributed by atoms with Gasteiger partial charge in [-0.3, -0.25) is 9.48 Å². The van der Waals surface area contributed by atoms with Crippen molar-refractivity contribution in [1.29, 1.82) is 0 Å². The summed E-state index contributed by atoms with van der Waals surface area (Å²) in [6, 6.07) is -0.627. The highest BCUT2D eigenvalue weighted by molar-refractivity contribution is 5.82. The molecule has 0 bridgehead atoms. The highest BCUT2D eigenvalue weighted by Gasteiger charge is 2.18. The minimum absolute atomic E-state index is 0.122. The van der Waals surface area contributed by atoms with Crippen LogP contribution in [0.1, 0.15) is 51.1 Å². The molecule has 0 fully saturated rings. The molecule has 1 amide bonds. The number of nitrogens with zero attached hydrogens (tertiary/aromatic N) is 2. The van der Waals surface area contributed by atoms with E-state index in [1.165, 1.54) is 12.8 Å². The number of aryl methyl sites for hydroxylation is 1. The molecule has 0 saturated carbocycles. The van der Waals surface area contributed by atoms with Crippen LogP contribution in [0.5, 0.6) is 0 Å². The maximum absolute atomic E-state index is 12.0. The van der Waals surface area contributed by atoms with E-state index in [4.69, 9.17) is 5.73 Å². The molecule has 1 heterocycles. The second kappa shape index (κ2) is 7.94. The van der Waals surface area contributed by atoms with Crippen molar-refractivity contribution in [2.75, 3.05) is 6.54 Å². The van der Waals surface area contributed by atoms with Crippen molar-refractivity contribution in [2.45, 2.75) is 45.6 Å². The van der Waals surface area contributed by atoms with E-state index in [2.05, 4.69) is 24.3 Å². The number of aromatic nitrogens is 2. The number of carbonyl (C=O) groups is 1. The van der Waals surface area contributed by atoms with Crippen LogP contribution in [0.15, 0.2) is 12.4 Å². The standard InChI is InChI=1S/C14H26N4O/c1-4-6-7-11(5-2)8-16-14(19)13(15)12-9-17-18(3)10-12/h9-11,13H,4-8,15H2,1-3H3,(H,16,19). The summed E-state index contributed by atoms with van der Waals surface area (Å²) < 4.78 is 1.65. The smallest absolute Gasteiger partial charge is 0.241 e. The number of amides is 1. The summed E-state index contributed by atoms with van der Waals surface area (Å²) in [6.45, 7) is 5.06. The van der Waals surface area contributed by atoms with Gasteiger partial charge in [-0.1, -0.05) is 33.1 Å². The SMILES string of the molecule is CCCCC(CC)CNC(=O)C(N)c1cnn(C)c1. The minimum atomic E-state index is -0.627. The molecule has 0 aliphatic carbocycles. The molecule has 3 N–H and O–H groups in total. The third-order valence-electron chi connectivity index (χ3n) is 3.47. The lowest BCUT2D eigenvalue weighted by atomic mass is 9.99. The molecule has 19 heavy (non-hydrogen) atoms. The van der Waals surface area contributed by atoms with Gasteiger partial charge in [0.15, 0.2) is 0 Å². The van der Waals surface area contributed by atoms with Crippen molar-refractivity contribution in [2.24, 2.45) is 18.7 Å². The quantitative estimate of drug-likeness (QED) is 0.753. The fourth-order valence-electron chi connectivity index (χ4n) is 2.05. The number of hydrogen-bond donors (Lipinski definition) is 2. The second-order valence-corrected chi connectivity index (χ2v) is 5.09. The van der Waals surface area contributed by atoms with Crippen LogP contribution >= 0.6 is 0 Å². The Morgan fingerprint density at radius 1 is 1.53 bits per heavy atom. The normalized spacial score (nSPS) is 14.1. The zero-order valence-electron chi connectivity index (χ0n) is 12.2. The summed E-state index contributed by atoms with van der Waals surface area (Å²) in [6.07, 6.45) is 8.07. The Bertz CT molecular complexity index is 389. The maximum atomic E-state index is 12.0. The van der Waals surface area contributed by atoms with Crippen LogP contribution in [0.4, 0.5) is 0 Å². The molecule has 2 atom stereocenters. The first kappa shape index (κ1) is 15.7. The van der Waals surface area contributed by atoms with Crippen molar-refractivity contribution < 1.29 is 4.79 Å². The van der Waals surface area contributed by atoms with E-state index in [-0.39, 0.29) is 5.91 Å². The Kier molecular flexibility index (Phi) is 6.56. The van der Waals surface area contributed by atoms with Crippen LogP contribution in [0.3, 0.4) is 0 Å². The molecule has 1 aromatic rings. The number of nitrogens with one attached hydrogen (secondary N) is 1. The van der Waals surface area contributed by atoms with Gasteiger partial charge in [0, 0.05) is 25.4 Å².